The van der Waals surface area contributed by atoms with E-state index in [0.717, 1.165) is 0 Å². The standard InChI is InChI=1S/C21H42N6O7/c1-25-10-11-4-5-13(26-20(31)14(28)6-7-22)21(33-11)34-19-12(24)8-15(32-3)17(18(19)30)27(2)16(29)9-23/h11-15,17-19,21,25,28,30H,4-10,22-24H2,1-3H3,(H,26,31)/t11-,12+,13+,14-,15-,17+,18+,19+,21+/m0/s1. The Morgan fingerprint density at radius 1 is 1.29 bits per heavy atom. The minimum atomic E-state index is -1.24. The Morgan fingerprint density at radius 2 is 2.00 bits per heavy atom. The van der Waals surface area contributed by atoms with Crippen LogP contribution in [0.4, 0.5) is 0 Å². The number of ether oxygens (including phenoxy) is 3. The molecule has 2 fully saturated rings. The second-order valence-corrected chi connectivity index (χ2v) is 8.93. The van der Waals surface area contributed by atoms with Crippen molar-refractivity contribution in [2.24, 2.45) is 17.2 Å². The number of rotatable bonds is 11. The molecule has 0 bridgehead atoms. The van der Waals surface area contributed by atoms with E-state index >= 15 is 0 Å². The second kappa shape index (κ2) is 13.6. The van der Waals surface area contributed by atoms with Gasteiger partial charge in [-0.2, -0.15) is 0 Å². The Kier molecular flexibility index (Phi) is 11.5. The van der Waals surface area contributed by atoms with Crippen LogP contribution in [0.25, 0.3) is 0 Å². The maximum absolute atomic E-state index is 12.4. The molecule has 0 unspecified atom stereocenters. The molecular weight excluding hydrogens is 448 g/mol. The van der Waals surface area contributed by atoms with Gasteiger partial charge in [0.25, 0.3) is 0 Å². The van der Waals surface area contributed by atoms with Crippen molar-refractivity contribution < 1.29 is 34.0 Å². The van der Waals surface area contributed by atoms with Gasteiger partial charge in [-0.15, -0.1) is 0 Å². The van der Waals surface area contributed by atoms with E-state index in [1.807, 2.05) is 0 Å². The summed E-state index contributed by atoms with van der Waals surface area (Å²) in [4.78, 5) is 26.0. The van der Waals surface area contributed by atoms with Crippen LogP contribution in [0.15, 0.2) is 0 Å². The fourth-order valence-electron chi connectivity index (χ4n) is 4.64. The van der Waals surface area contributed by atoms with Crippen LogP contribution in [-0.4, -0.2) is 123 Å². The van der Waals surface area contributed by atoms with Crippen LogP contribution in [0, 0.1) is 0 Å². The summed E-state index contributed by atoms with van der Waals surface area (Å²) >= 11 is 0. The number of amides is 2. The first-order valence-electron chi connectivity index (χ1n) is 11.7. The fraction of sp³-hybridized carbons (Fsp3) is 0.905. The van der Waals surface area contributed by atoms with Crippen LogP contribution >= 0.6 is 0 Å². The summed E-state index contributed by atoms with van der Waals surface area (Å²) in [7, 11) is 4.84. The van der Waals surface area contributed by atoms with E-state index in [9.17, 15) is 19.8 Å². The first-order valence-corrected chi connectivity index (χ1v) is 11.7. The Labute approximate surface area is 200 Å². The molecule has 9 atom stereocenters. The van der Waals surface area contributed by atoms with E-state index in [-0.39, 0.29) is 31.5 Å². The minimum Gasteiger partial charge on any atom is -0.388 e. The maximum atomic E-state index is 12.4. The summed E-state index contributed by atoms with van der Waals surface area (Å²) in [6, 6.07) is -1.93. The third-order valence-electron chi connectivity index (χ3n) is 6.56. The lowest BCUT2D eigenvalue weighted by atomic mass is 9.83. The van der Waals surface area contributed by atoms with Gasteiger partial charge in [-0.05, 0) is 39.3 Å². The van der Waals surface area contributed by atoms with Gasteiger partial charge in [-0.3, -0.25) is 9.59 Å². The highest BCUT2D eigenvalue weighted by Crippen LogP contribution is 2.30. The molecule has 0 aromatic heterocycles. The van der Waals surface area contributed by atoms with Gasteiger partial charge in [-0.1, -0.05) is 0 Å². The van der Waals surface area contributed by atoms with Crippen LogP contribution in [-0.2, 0) is 23.8 Å². The smallest absolute Gasteiger partial charge is 0.249 e. The Bertz CT molecular complexity index is 659. The zero-order valence-electron chi connectivity index (χ0n) is 20.3. The first kappa shape index (κ1) is 28.8. The minimum absolute atomic E-state index is 0.126. The molecule has 10 N–H and O–H groups in total. The van der Waals surface area contributed by atoms with E-state index in [4.69, 9.17) is 31.4 Å². The monoisotopic (exact) mass is 490 g/mol. The predicted octanol–water partition coefficient (Wildman–Crippen LogP) is -3.82. The van der Waals surface area contributed by atoms with E-state index in [0.29, 0.717) is 25.8 Å². The van der Waals surface area contributed by atoms with Gasteiger partial charge in [-0.25, -0.2) is 0 Å². The van der Waals surface area contributed by atoms with E-state index in [2.05, 4.69) is 10.6 Å². The molecule has 0 radical (unpaired) electrons. The largest absolute Gasteiger partial charge is 0.388 e. The third-order valence-corrected chi connectivity index (χ3v) is 6.56. The van der Waals surface area contributed by atoms with Crippen LogP contribution < -0.4 is 27.8 Å². The third kappa shape index (κ3) is 7.06. The number of likely N-dealkylation sites (N-methyl/N-ethyl adjacent to an activating group) is 2. The topological polar surface area (TPSA) is 208 Å². The summed E-state index contributed by atoms with van der Waals surface area (Å²) in [6.45, 7) is 0.516. The number of aliphatic hydroxyl groups excluding tert-OH is 2. The molecular formula is C21H42N6O7. The SMILES string of the molecule is CNC[C@@H]1CC[C@@H](NC(=O)[C@@H](O)CCN)[C@@H](O[C@H]2[C@H](O)[C@H](N(C)C(=O)CN)[C@@H](OC)C[C@H]2N)O1. The van der Waals surface area contributed by atoms with Crippen molar-refractivity contribution in [1.82, 2.24) is 15.5 Å². The normalized spacial score (nSPS) is 34.9. The number of carbonyl (C=O) groups is 2. The maximum Gasteiger partial charge on any atom is 0.249 e. The number of aliphatic hydroxyl groups is 2. The van der Waals surface area contributed by atoms with Gasteiger partial charge in [0.15, 0.2) is 6.29 Å². The number of carbonyl (C=O) groups excluding carboxylic acids is 2. The molecule has 0 spiro atoms. The van der Waals surface area contributed by atoms with Gasteiger partial charge >= 0.3 is 0 Å². The second-order valence-electron chi connectivity index (χ2n) is 8.93. The Balaban J connectivity index is 2.22. The van der Waals surface area contributed by atoms with Crippen molar-refractivity contribution in [3.05, 3.63) is 0 Å². The molecule has 0 aromatic carbocycles. The summed E-state index contributed by atoms with van der Waals surface area (Å²) in [5.74, 6) is -0.929. The summed E-state index contributed by atoms with van der Waals surface area (Å²) in [6.07, 6.45) is -3.34. The summed E-state index contributed by atoms with van der Waals surface area (Å²) in [5.41, 5.74) is 17.3. The average molecular weight is 491 g/mol. The highest BCUT2D eigenvalue weighted by atomic mass is 16.7. The van der Waals surface area contributed by atoms with Crippen molar-refractivity contribution in [2.45, 2.75) is 80.6 Å². The van der Waals surface area contributed by atoms with Crippen molar-refractivity contribution in [3.63, 3.8) is 0 Å². The highest BCUT2D eigenvalue weighted by molar-refractivity contribution is 5.80. The van der Waals surface area contributed by atoms with Crippen LogP contribution in [0.1, 0.15) is 25.7 Å². The molecule has 0 aromatic rings. The molecule has 1 aliphatic heterocycles. The molecule has 2 aliphatic rings. The van der Waals surface area contributed by atoms with Crippen molar-refractivity contribution in [1.29, 1.82) is 0 Å². The fourth-order valence-corrected chi connectivity index (χ4v) is 4.64. The van der Waals surface area contributed by atoms with Crippen LogP contribution in [0.3, 0.4) is 0 Å². The quantitative estimate of drug-likeness (QED) is 0.149. The van der Waals surface area contributed by atoms with Crippen molar-refractivity contribution in [2.75, 3.05) is 40.8 Å². The van der Waals surface area contributed by atoms with E-state index < -0.39 is 54.7 Å². The number of nitrogens with two attached hydrogens (primary N) is 3. The van der Waals surface area contributed by atoms with Crippen LogP contribution in [0.5, 0.6) is 0 Å². The van der Waals surface area contributed by atoms with Crippen molar-refractivity contribution >= 4 is 11.8 Å². The molecule has 1 aliphatic carbocycles. The van der Waals surface area contributed by atoms with Gasteiger partial charge in [0.2, 0.25) is 11.8 Å². The number of nitrogens with one attached hydrogen (secondary N) is 2. The molecule has 2 amide bonds. The van der Waals surface area contributed by atoms with Crippen LogP contribution in [0.2, 0.25) is 0 Å². The Morgan fingerprint density at radius 3 is 2.59 bits per heavy atom. The molecule has 2 rings (SSSR count). The zero-order valence-corrected chi connectivity index (χ0v) is 20.3. The number of hydrogen-bond donors (Lipinski definition) is 7. The molecule has 1 saturated carbocycles. The molecule has 198 valence electrons. The van der Waals surface area contributed by atoms with E-state index in [1.54, 1.807) is 14.1 Å². The molecule has 1 heterocycles. The molecule has 34 heavy (non-hydrogen) atoms. The predicted molar refractivity (Wildman–Crippen MR) is 123 cm³/mol. The number of nitrogens with zero attached hydrogens (tertiary/aromatic N) is 1. The van der Waals surface area contributed by atoms with Gasteiger partial charge in [0, 0.05) is 26.7 Å². The highest BCUT2D eigenvalue weighted by Gasteiger charge is 2.48. The van der Waals surface area contributed by atoms with E-state index in [1.165, 1.54) is 12.0 Å². The molecule has 1 saturated heterocycles. The molecule has 13 heteroatoms. The van der Waals surface area contributed by atoms with Gasteiger partial charge in [0.1, 0.15) is 18.3 Å². The Hall–Kier alpha value is -1.42. The zero-order chi connectivity index (χ0) is 25.4. The lowest BCUT2D eigenvalue weighted by Gasteiger charge is -2.48. The lowest BCUT2D eigenvalue weighted by Crippen LogP contribution is -2.67. The number of hydrogen-bond acceptors (Lipinski definition) is 11. The summed E-state index contributed by atoms with van der Waals surface area (Å²) in [5, 5.41) is 27.0. The van der Waals surface area contributed by atoms with Gasteiger partial charge < -0.3 is 57.2 Å². The van der Waals surface area contributed by atoms with Crippen molar-refractivity contribution in [3.8, 4) is 0 Å². The first-order chi connectivity index (χ1) is 16.2. The lowest BCUT2D eigenvalue weighted by molar-refractivity contribution is -0.257. The van der Waals surface area contributed by atoms with Gasteiger partial charge in [0.05, 0.1) is 30.8 Å². The number of methoxy groups -OCH3 is 1. The average Bonchev–Trinajstić information content (AvgIpc) is 2.82. The summed E-state index contributed by atoms with van der Waals surface area (Å²) < 4.78 is 17.8. The molecule has 13 nitrogen and oxygen atoms in total.